The van der Waals surface area contributed by atoms with Gasteiger partial charge in [-0.1, -0.05) is 0 Å². The van der Waals surface area contributed by atoms with Gasteiger partial charge in [-0.15, -0.1) is 0 Å². The van der Waals surface area contributed by atoms with E-state index in [2.05, 4.69) is 7.05 Å². The number of unbranched alkanes of at least 4 members (excludes halogenated alkanes) is 1. The molecule has 1 N–H and O–H groups in total. The zero-order valence-electron chi connectivity index (χ0n) is 14.2. The standard InChI is InChI=1S/C17H34N2O.2BrH/c1-18(9-3-2-4-10-18)11-5-6-12-19-13-7-16(8-14-19)17(20)15-19;;/h16-17,20H,2-15H2,1H3;2*1H/q+2;;/p-2. The molecular formula is C17H34Br2N2O. The normalized spacial score (nSPS) is 36.3. The fourth-order valence-corrected chi connectivity index (χ4v) is 5.00. The van der Waals surface area contributed by atoms with Gasteiger partial charge in [0, 0.05) is 31.6 Å². The van der Waals surface area contributed by atoms with Crippen LogP contribution in [0.15, 0.2) is 0 Å². The van der Waals surface area contributed by atoms with Crippen molar-refractivity contribution < 1.29 is 48.0 Å². The summed E-state index contributed by atoms with van der Waals surface area (Å²) in [6.07, 6.45) is 9.62. The maximum absolute atomic E-state index is 10.1. The maximum atomic E-state index is 10.1. The number of hydrogen-bond donors (Lipinski definition) is 1. The summed E-state index contributed by atoms with van der Waals surface area (Å²) < 4.78 is 2.56. The Hall–Kier alpha value is 0.840. The molecule has 0 aromatic carbocycles. The molecule has 22 heavy (non-hydrogen) atoms. The van der Waals surface area contributed by atoms with Gasteiger partial charge in [-0.2, -0.15) is 0 Å². The highest BCUT2D eigenvalue weighted by molar-refractivity contribution is 4.79. The van der Waals surface area contributed by atoms with Crippen molar-refractivity contribution in [3.8, 4) is 0 Å². The van der Waals surface area contributed by atoms with Crippen molar-refractivity contribution >= 4 is 0 Å². The third-order valence-corrected chi connectivity index (χ3v) is 6.54. The summed E-state index contributed by atoms with van der Waals surface area (Å²) in [4.78, 5) is 0. The third kappa shape index (κ3) is 4.92. The zero-order valence-corrected chi connectivity index (χ0v) is 17.3. The summed E-state index contributed by atoms with van der Waals surface area (Å²) in [6.45, 7) is 9.24. The summed E-state index contributed by atoms with van der Waals surface area (Å²) in [6, 6.07) is 0. The van der Waals surface area contributed by atoms with E-state index < -0.39 is 0 Å². The number of rotatable bonds is 5. The monoisotopic (exact) mass is 440 g/mol. The molecule has 5 heteroatoms. The first-order valence-electron chi connectivity index (χ1n) is 8.98. The Kier molecular flexibility index (Phi) is 8.35. The first kappa shape index (κ1) is 20.9. The van der Waals surface area contributed by atoms with E-state index in [1.165, 1.54) is 93.2 Å². The van der Waals surface area contributed by atoms with Gasteiger partial charge in [0.05, 0.1) is 46.3 Å². The second-order valence-electron chi connectivity index (χ2n) is 8.16. The molecule has 4 rings (SSSR count). The Labute approximate surface area is 157 Å². The van der Waals surface area contributed by atoms with E-state index in [9.17, 15) is 5.11 Å². The highest BCUT2D eigenvalue weighted by atomic mass is 79.9. The lowest BCUT2D eigenvalue weighted by Crippen LogP contribution is -3.00. The van der Waals surface area contributed by atoms with Crippen LogP contribution in [-0.4, -0.2) is 73.0 Å². The number of halogens is 2. The van der Waals surface area contributed by atoms with E-state index in [4.69, 9.17) is 0 Å². The fourth-order valence-electron chi connectivity index (χ4n) is 5.00. The molecule has 0 saturated carbocycles. The van der Waals surface area contributed by atoms with Crippen LogP contribution in [0.4, 0.5) is 0 Å². The summed E-state index contributed by atoms with van der Waals surface area (Å²) >= 11 is 0. The Morgan fingerprint density at radius 3 is 2.05 bits per heavy atom. The van der Waals surface area contributed by atoms with Crippen LogP contribution in [0, 0.1) is 5.92 Å². The van der Waals surface area contributed by atoms with Gasteiger partial charge >= 0.3 is 0 Å². The molecule has 1 unspecified atom stereocenters. The number of nitrogens with zero attached hydrogens (tertiary/aromatic N) is 2. The molecule has 0 amide bonds. The second kappa shape index (κ2) is 8.80. The van der Waals surface area contributed by atoms with Crippen molar-refractivity contribution in [1.82, 2.24) is 0 Å². The van der Waals surface area contributed by atoms with Gasteiger partial charge in [0.25, 0.3) is 0 Å². The van der Waals surface area contributed by atoms with Crippen molar-refractivity contribution in [3.63, 3.8) is 0 Å². The molecular weight excluding hydrogens is 408 g/mol. The predicted molar refractivity (Wildman–Crippen MR) is 82.3 cm³/mol. The molecule has 0 aliphatic carbocycles. The molecule has 4 heterocycles. The molecule has 0 radical (unpaired) electrons. The minimum Gasteiger partial charge on any atom is -1.00 e. The van der Waals surface area contributed by atoms with E-state index >= 15 is 0 Å². The third-order valence-electron chi connectivity index (χ3n) is 6.54. The maximum Gasteiger partial charge on any atom is 0.106 e. The molecule has 4 aliphatic rings. The zero-order chi connectivity index (χ0) is 14.1. The number of quaternary nitrogens is 2. The molecule has 0 aromatic heterocycles. The number of piperidine rings is 4. The lowest BCUT2D eigenvalue weighted by molar-refractivity contribution is -0.947. The highest BCUT2D eigenvalue weighted by Gasteiger charge is 2.44. The number of fused-ring (bicyclic) bond motifs is 3. The molecule has 0 aromatic rings. The fraction of sp³-hybridized carbons (Fsp3) is 1.00. The van der Waals surface area contributed by atoms with E-state index in [1.807, 2.05) is 0 Å². The van der Waals surface area contributed by atoms with E-state index in [0.717, 1.165) is 6.54 Å². The average molecular weight is 442 g/mol. The van der Waals surface area contributed by atoms with Crippen LogP contribution in [0.25, 0.3) is 0 Å². The SMILES string of the molecule is C[N+]1(CCCC[N+]23CCC(CC2)C(O)C3)CCCCC1.[Br-].[Br-]. The molecule has 3 nitrogen and oxygen atoms in total. The summed E-state index contributed by atoms with van der Waals surface area (Å²) in [7, 11) is 2.46. The largest absolute Gasteiger partial charge is 1.00 e. The number of aliphatic hydroxyl groups is 1. The predicted octanol–water partition coefficient (Wildman–Crippen LogP) is -3.99. The molecule has 1 atom stereocenters. The highest BCUT2D eigenvalue weighted by Crippen LogP contribution is 2.34. The first-order valence-corrected chi connectivity index (χ1v) is 8.98. The summed E-state index contributed by atoms with van der Waals surface area (Å²) in [5, 5.41) is 10.1. The first-order chi connectivity index (χ1) is 9.61. The Bertz CT molecular complexity index is 327. The smallest absolute Gasteiger partial charge is 0.106 e. The Balaban J connectivity index is 0.00000121. The van der Waals surface area contributed by atoms with Crippen LogP contribution < -0.4 is 34.0 Å². The Morgan fingerprint density at radius 1 is 0.864 bits per heavy atom. The molecule has 4 saturated heterocycles. The lowest BCUT2D eigenvalue weighted by Gasteiger charge is -2.51. The number of hydrogen-bond acceptors (Lipinski definition) is 1. The lowest BCUT2D eigenvalue weighted by atomic mass is 9.83. The van der Waals surface area contributed by atoms with Gasteiger partial charge in [0.2, 0.25) is 0 Å². The minimum atomic E-state index is 0. The van der Waals surface area contributed by atoms with E-state index in [1.54, 1.807) is 0 Å². The molecule has 4 fully saturated rings. The van der Waals surface area contributed by atoms with Crippen molar-refractivity contribution in [2.24, 2.45) is 5.92 Å². The van der Waals surface area contributed by atoms with Crippen LogP contribution in [0.2, 0.25) is 0 Å². The van der Waals surface area contributed by atoms with Gasteiger partial charge in [0.15, 0.2) is 0 Å². The van der Waals surface area contributed by atoms with Crippen LogP contribution >= 0.6 is 0 Å². The van der Waals surface area contributed by atoms with Crippen molar-refractivity contribution in [2.45, 2.75) is 51.0 Å². The van der Waals surface area contributed by atoms with E-state index in [-0.39, 0.29) is 40.1 Å². The summed E-state index contributed by atoms with van der Waals surface area (Å²) in [5.41, 5.74) is 0. The molecule has 0 spiro atoms. The topological polar surface area (TPSA) is 20.2 Å². The van der Waals surface area contributed by atoms with Crippen molar-refractivity contribution in [1.29, 1.82) is 0 Å². The van der Waals surface area contributed by atoms with Crippen LogP contribution in [0.3, 0.4) is 0 Å². The molecule has 4 aliphatic heterocycles. The van der Waals surface area contributed by atoms with Crippen LogP contribution in [0.5, 0.6) is 0 Å². The summed E-state index contributed by atoms with van der Waals surface area (Å²) in [5.74, 6) is 0.632. The van der Waals surface area contributed by atoms with Crippen molar-refractivity contribution in [3.05, 3.63) is 0 Å². The molecule has 132 valence electrons. The average Bonchev–Trinajstić information content (AvgIpc) is 2.46. The van der Waals surface area contributed by atoms with Gasteiger partial charge in [0.1, 0.15) is 12.6 Å². The van der Waals surface area contributed by atoms with Gasteiger partial charge in [-0.25, -0.2) is 0 Å². The quantitative estimate of drug-likeness (QED) is 0.340. The van der Waals surface area contributed by atoms with Gasteiger partial charge < -0.3 is 48.0 Å². The number of likely N-dealkylation sites (tertiary alicyclic amines) is 1. The van der Waals surface area contributed by atoms with Crippen molar-refractivity contribution in [2.75, 3.05) is 52.9 Å². The van der Waals surface area contributed by atoms with Gasteiger partial charge in [-0.05, 0) is 19.3 Å². The molecule has 2 bridgehead atoms. The van der Waals surface area contributed by atoms with Gasteiger partial charge in [-0.3, -0.25) is 0 Å². The van der Waals surface area contributed by atoms with Crippen LogP contribution in [0.1, 0.15) is 44.9 Å². The second-order valence-corrected chi connectivity index (χ2v) is 8.16. The minimum absolute atomic E-state index is 0. The Morgan fingerprint density at radius 2 is 1.45 bits per heavy atom. The van der Waals surface area contributed by atoms with E-state index in [0.29, 0.717) is 5.92 Å². The number of aliphatic hydroxyl groups excluding tert-OH is 1. The van der Waals surface area contributed by atoms with Crippen LogP contribution in [-0.2, 0) is 0 Å².